The molecule has 0 saturated carbocycles. The van der Waals surface area contributed by atoms with Crippen LogP contribution in [0.5, 0.6) is 0 Å². The van der Waals surface area contributed by atoms with E-state index in [1.807, 2.05) is 11.3 Å². The Bertz CT molecular complexity index is 372. The first-order valence-corrected chi connectivity index (χ1v) is 7.59. The van der Waals surface area contributed by atoms with Gasteiger partial charge in [0.05, 0.1) is 12.1 Å². The third kappa shape index (κ3) is 3.12. The fraction of sp³-hybridized carbons (Fsp3) is 0.714. The Kier molecular flexibility index (Phi) is 4.78. The summed E-state index contributed by atoms with van der Waals surface area (Å²) >= 11 is 1.81. The van der Waals surface area contributed by atoms with E-state index in [-0.39, 0.29) is 6.04 Å². The van der Waals surface area contributed by atoms with Crippen molar-refractivity contribution < 1.29 is 4.74 Å². The van der Waals surface area contributed by atoms with Crippen molar-refractivity contribution in [3.63, 3.8) is 0 Å². The smallest absolute Gasteiger partial charge is 0.0702 e. The second-order valence-corrected chi connectivity index (χ2v) is 6.29. The van der Waals surface area contributed by atoms with E-state index >= 15 is 0 Å². The van der Waals surface area contributed by atoms with Crippen LogP contribution in [0.4, 0.5) is 0 Å². The van der Waals surface area contributed by atoms with Crippen LogP contribution in [0.1, 0.15) is 36.2 Å². The lowest BCUT2D eigenvalue weighted by Crippen LogP contribution is -2.40. The first-order chi connectivity index (χ1) is 8.59. The molecule has 1 fully saturated rings. The van der Waals surface area contributed by atoms with Gasteiger partial charge in [0.25, 0.3) is 0 Å². The largest absolute Gasteiger partial charge is 0.377 e. The zero-order valence-electron chi connectivity index (χ0n) is 11.6. The predicted molar refractivity (Wildman–Crippen MR) is 77.1 cm³/mol. The van der Waals surface area contributed by atoms with Gasteiger partial charge in [-0.2, -0.15) is 0 Å². The number of nitrogens with two attached hydrogens (primary N) is 1. The summed E-state index contributed by atoms with van der Waals surface area (Å²) in [5, 5.41) is 2.15. The summed E-state index contributed by atoms with van der Waals surface area (Å²) in [4.78, 5) is 3.75. The van der Waals surface area contributed by atoms with Gasteiger partial charge in [0.15, 0.2) is 0 Å². The maximum Gasteiger partial charge on any atom is 0.0702 e. The standard InChI is InChI=1S/C14H24N2OS/c1-10-6-8-18-14(10)13(11(2)15)16(3)9-12-5-4-7-17-12/h6,8,11-13H,4-5,7,9,15H2,1-3H3. The molecule has 1 aromatic rings. The van der Waals surface area contributed by atoms with Gasteiger partial charge >= 0.3 is 0 Å². The number of hydrogen-bond acceptors (Lipinski definition) is 4. The zero-order valence-corrected chi connectivity index (χ0v) is 12.4. The fourth-order valence-electron chi connectivity index (χ4n) is 2.75. The topological polar surface area (TPSA) is 38.5 Å². The Balaban J connectivity index is 2.07. The quantitative estimate of drug-likeness (QED) is 0.892. The molecule has 0 aromatic carbocycles. The van der Waals surface area contributed by atoms with Crippen LogP contribution < -0.4 is 5.73 Å². The lowest BCUT2D eigenvalue weighted by Gasteiger charge is -2.32. The van der Waals surface area contributed by atoms with Crippen molar-refractivity contribution in [3.05, 3.63) is 21.9 Å². The van der Waals surface area contributed by atoms with Gasteiger partial charge in [-0.25, -0.2) is 0 Å². The molecule has 2 rings (SSSR count). The molecule has 3 atom stereocenters. The summed E-state index contributed by atoms with van der Waals surface area (Å²) in [6.07, 6.45) is 2.76. The van der Waals surface area contributed by atoms with Crippen LogP contribution in [0, 0.1) is 6.92 Å². The Hall–Kier alpha value is -0.420. The van der Waals surface area contributed by atoms with Crippen molar-refractivity contribution in [2.24, 2.45) is 5.73 Å². The third-order valence-corrected chi connectivity index (χ3v) is 4.75. The molecular formula is C14H24N2OS. The lowest BCUT2D eigenvalue weighted by atomic mass is 10.0. The van der Waals surface area contributed by atoms with Gasteiger partial charge in [0.2, 0.25) is 0 Å². The molecule has 0 spiro atoms. The van der Waals surface area contributed by atoms with Gasteiger partial charge in [-0.15, -0.1) is 11.3 Å². The van der Waals surface area contributed by atoms with Crippen molar-refractivity contribution in [1.29, 1.82) is 0 Å². The molecule has 0 bridgehead atoms. The minimum atomic E-state index is 0.133. The SMILES string of the molecule is Cc1ccsc1C(C(C)N)N(C)CC1CCCO1. The second-order valence-electron chi connectivity index (χ2n) is 5.35. The fourth-order valence-corrected chi connectivity index (χ4v) is 3.96. The summed E-state index contributed by atoms with van der Waals surface area (Å²) in [7, 11) is 2.16. The number of hydrogen-bond donors (Lipinski definition) is 1. The molecule has 1 aliphatic rings. The van der Waals surface area contributed by atoms with Gasteiger partial charge in [-0.1, -0.05) is 0 Å². The number of nitrogens with zero attached hydrogens (tertiary/aromatic N) is 1. The van der Waals surface area contributed by atoms with E-state index in [1.54, 1.807) is 0 Å². The van der Waals surface area contributed by atoms with Crippen LogP contribution >= 0.6 is 11.3 Å². The van der Waals surface area contributed by atoms with Crippen molar-refractivity contribution in [2.75, 3.05) is 20.2 Å². The first kappa shape index (κ1) is 14.0. The van der Waals surface area contributed by atoms with Crippen molar-refractivity contribution >= 4 is 11.3 Å². The molecule has 3 unspecified atom stereocenters. The number of likely N-dealkylation sites (N-methyl/N-ethyl adjacent to an activating group) is 1. The molecule has 102 valence electrons. The molecule has 1 aromatic heterocycles. The predicted octanol–water partition coefficient (Wildman–Crippen LogP) is 2.56. The molecule has 4 heteroatoms. The summed E-state index contributed by atoms with van der Waals surface area (Å²) in [5.41, 5.74) is 7.54. The van der Waals surface area contributed by atoms with Gasteiger partial charge in [0, 0.05) is 24.1 Å². The zero-order chi connectivity index (χ0) is 13.1. The Morgan fingerprint density at radius 1 is 1.61 bits per heavy atom. The van der Waals surface area contributed by atoms with Crippen LogP contribution in [0.3, 0.4) is 0 Å². The molecule has 0 radical (unpaired) electrons. The summed E-state index contributed by atoms with van der Waals surface area (Å²) in [6.45, 7) is 6.15. The average molecular weight is 268 g/mol. The molecule has 1 aliphatic heterocycles. The van der Waals surface area contributed by atoms with Crippen molar-refractivity contribution in [3.8, 4) is 0 Å². The number of thiophene rings is 1. The Morgan fingerprint density at radius 3 is 2.89 bits per heavy atom. The molecule has 2 N–H and O–H groups in total. The highest BCUT2D eigenvalue weighted by molar-refractivity contribution is 7.10. The monoisotopic (exact) mass is 268 g/mol. The highest BCUT2D eigenvalue weighted by Gasteiger charge is 2.27. The van der Waals surface area contributed by atoms with Gasteiger partial charge < -0.3 is 10.5 Å². The Labute approximate surface area is 114 Å². The molecule has 1 saturated heterocycles. The van der Waals surface area contributed by atoms with Crippen LogP contribution in [0.2, 0.25) is 0 Å². The molecule has 18 heavy (non-hydrogen) atoms. The van der Waals surface area contributed by atoms with E-state index in [1.165, 1.54) is 23.3 Å². The maximum absolute atomic E-state index is 6.20. The summed E-state index contributed by atoms with van der Waals surface area (Å²) < 4.78 is 5.72. The Morgan fingerprint density at radius 2 is 2.39 bits per heavy atom. The minimum absolute atomic E-state index is 0.133. The first-order valence-electron chi connectivity index (χ1n) is 6.71. The molecule has 0 amide bonds. The normalized spacial score (nSPS) is 23.5. The molecule has 0 aliphatic carbocycles. The molecular weight excluding hydrogens is 244 g/mol. The summed E-state index contributed by atoms with van der Waals surface area (Å²) in [5.74, 6) is 0. The number of ether oxygens (including phenoxy) is 1. The van der Waals surface area contributed by atoms with Gasteiger partial charge in [-0.3, -0.25) is 4.90 Å². The van der Waals surface area contributed by atoms with Crippen molar-refractivity contribution in [1.82, 2.24) is 4.90 Å². The van der Waals surface area contributed by atoms with Gasteiger partial charge in [-0.05, 0) is 50.7 Å². The van der Waals surface area contributed by atoms with E-state index in [4.69, 9.17) is 10.5 Å². The van der Waals surface area contributed by atoms with E-state index in [0.717, 1.165) is 13.2 Å². The third-order valence-electron chi connectivity index (χ3n) is 3.66. The lowest BCUT2D eigenvalue weighted by molar-refractivity contribution is 0.0647. The number of aryl methyl sites for hydroxylation is 1. The second kappa shape index (κ2) is 6.15. The van der Waals surface area contributed by atoms with Crippen LogP contribution in [0.15, 0.2) is 11.4 Å². The van der Waals surface area contributed by atoms with E-state index in [0.29, 0.717) is 12.1 Å². The maximum atomic E-state index is 6.20. The highest BCUT2D eigenvalue weighted by Crippen LogP contribution is 2.30. The van der Waals surface area contributed by atoms with Crippen LogP contribution in [0.25, 0.3) is 0 Å². The van der Waals surface area contributed by atoms with Crippen LogP contribution in [-0.4, -0.2) is 37.2 Å². The van der Waals surface area contributed by atoms with Crippen LogP contribution in [-0.2, 0) is 4.74 Å². The molecule has 3 nitrogen and oxygen atoms in total. The van der Waals surface area contributed by atoms with Crippen molar-refractivity contribution in [2.45, 2.75) is 44.9 Å². The van der Waals surface area contributed by atoms with E-state index < -0.39 is 0 Å². The van der Waals surface area contributed by atoms with E-state index in [9.17, 15) is 0 Å². The van der Waals surface area contributed by atoms with E-state index in [2.05, 4.69) is 37.2 Å². The summed E-state index contributed by atoms with van der Waals surface area (Å²) in [6, 6.07) is 2.61. The molecule has 2 heterocycles. The highest BCUT2D eigenvalue weighted by atomic mass is 32.1. The average Bonchev–Trinajstić information content (AvgIpc) is 2.91. The van der Waals surface area contributed by atoms with Gasteiger partial charge in [0.1, 0.15) is 0 Å². The number of rotatable bonds is 5. The minimum Gasteiger partial charge on any atom is -0.377 e.